The van der Waals surface area contributed by atoms with Crippen LogP contribution in [0.1, 0.15) is 0 Å². The predicted molar refractivity (Wildman–Crippen MR) is 57.3 cm³/mol. The number of benzene rings is 1. The highest BCUT2D eigenvalue weighted by atomic mass is 32.1. The van der Waals surface area contributed by atoms with Crippen molar-refractivity contribution < 1.29 is 0 Å². The van der Waals surface area contributed by atoms with Gasteiger partial charge in [0.05, 0.1) is 10.2 Å². The van der Waals surface area contributed by atoms with Crippen LogP contribution in [0.2, 0.25) is 0 Å². The molecule has 0 fully saturated rings. The maximum atomic E-state index is 4.40. The van der Waals surface area contributed by atoms with E-state index in [1.54, 1.807) is 11.3 Å². The van der Waals surface area contributed by atoms with Gasteiger partial charge in [0, 0.05) is 17.6 Å². The molecular formula is C8H9BN2S. The van der Waals surface area contributed by atoms with E-state index in [0.29, 0.717) is 0 Å². The predicted octanol–water partition coefficient (Wildman–Crippen LogP) is 0.596. The third-order valence-corrected chi connectivity index (χ3v) is 2.74. The summed E-state index contributed by atoms with van der Waals surface area (Å²) in [6.07, 6.45) is 0. The van der Waals surface area contributed by atoms with Crippen molar-refractivity contribution in [1.29, 1.82) is 0 Å². The maximum absolute atomic E-state index is 4.40. The summed E-state index contributed by atoms with van der Waals surface area (Å²) in [4.78, 5) is 5.52. The van der Waals surface area contributed by atoms with Gasteiger partial charge >= 0.3 is 0 Å². The van der Waals surface area contributed by atoms with Crippen LogP contribution in [-0.4, -0.2) is 19.9 Å². The summed E-state index contributed by atoms with van der Waals surface area (Å²) < 4.78 is 1.26. The summed E-state index contributed by atoms with van der Waals surface area (Å²) in [5, 5.41) is 3.09. The van der Waals surface area contributed by atoms with E-state index in [0.717, 1.165) is 16.1 Å². The summed E-state index contributed by atoms with van der Waals surface area (Å²) in [5.74, 6) is 0. The average molecular weight is 176 g/mol. The lowest BCUT2D eigenvalue weighted by atomic mass is 10.2. The van der Waals surface area contributed by atoms with Crippen molar-refractivity contribution >= 4 is 40.0 Å². The summed E-state index contributed by atoms with van der Waals surface area (Å²) in [7, 11) is 3.95. The standard InChI is InChI=1S/C8H9BN2S/c1-10-5-2-3-7-6(4-5)11-8(9)12-7/h2-4,10H,9H2,1H3. The third kappa shape index (κ3) is 1.18. The van der Waals surface area contributed by atoms with Crippen molar-refractivity contribution in [1.82, 2.24) is 4.98 Å². The quantitative estimate of drug-likeness (QED) is 0.643. The number of rotatable bonds is 1. The van der Waals surface area contributed by atoms with Crippen LogP contribution in [0.3, 0.4) is 0 Å². The van der Waals surface area contributed by atoms with Gasteiger partial charge in [-0.1, -0.05) is 0 Å². The molecule has 2 nitrogen and oxygen atoms in total. The first-order chi connectivity index (χ1) is 5.79. The van der Waals surface area contributed by atoms with Gasteiger partial charge in [0.1, 0.15) is 0 Å². The average Bonchev–Trinajstić information content (AvgIpc) is 2.43. The minimum absolute atomic E-state index is 1.09. The normalized spacial score (nSPS) is 10.4. The van der Waals surface area contributed by atoms with Gasteiger partial charge in [0.15, 0.2) is 7.85 Å². The van der Waals surface area contributed by atoms with Gasteiger partial charge < -0.3 is 5.32 Å². The van der Waals surface area contributed by atoms with Gasteiger partial charge in [-0.3, -0.25) is 4.98 Å². The van der Waals surface area contributed by atoms with Gasteiger partial charge in [-0.25, -0.2) is 0 Å². The van der Waals surface area contributed by atoms with E-state index in [9.17, 15) is 0 Å². The molecule has 0 aliphatic heterocycles. The molecule has 60 valence electrons. The Bertz CT molecular complexity index is 410. The van der Waals surface area contributed by atoms with Crippen LogP contribution in [0.4, 0.5) is 5.69 Å². The smallest absolute Gasteiger partial charge is 0.177 e. The molecule has 0 unspecified atom stereocenters. The lowest BCUT2D eigenvalue weighted by Crippen LogP contribution is -1.96. The molecule has 1 aromatic heterocycles. The van der Waals surface area contributed by atoms with Crippen molar-refractivity contribution in [2.45, 2.75) is 0 Å². The van der Waals surface area contributed by atoms with Gasteiger partial charge in [-0.2, -0.15) is 0 Å². The molecule has 1 aromatic carbocycles. The van der Waals surface area contributed by atoms with Crippen LogP contribution >= 0.6 is 11.3 Å². The van der Waals surface area contributed by atoms with Crippen LogP contribution in [-0.2, 0) is 0 Å². The Kier molecular flexibility index (Phi) is 1.77. The second-order valence-electron chi connectivity index (χ2n) is 2.67. The molecule has 2 aromatic rings. The van der Waals surface area contributed by atoms with Crippen molar-refractivity contribution in [2.24, 2.45) is 0 Å². The first kappa shape index (κ1) is 7.62. The molecule has 2 rings (SSSR count). The Balaban J connectivity index is 2.66. The van der Waals surface area contributed by atoms with E-state index < -0.39 is 0 Å². The van der Waals surface area contributed by atoms with Crippen LogP contribution < -0.4 is 10.2 Å². The Hall–Kier alpha value is -1.03. The van der Waals surface area contributed by atoms with Crippen molar-refractivity contribution in [3.05, 3.63) is 18.2 Å². The van der Waals surface area contributed by atoms with Gasteiger partial charge in [-0.15, -0.1) is 11.3 Å². The second-order valence-corrected chi connectivity index (χ2v) is 3.90. The molecule has 4 heteroatoms. The number of nitrogens with zero attached hydrogens (tertiary/aromatic N) is 1. The first-order valence-corrected chi connectivity index (χ1v) is 4.66. The molecule has 0 saturated heterocycles. The molecule has 0 atom stereocenters. The Labute approximate surface area is 76.0 Å². The van der Waals surface area contributed by atoms with E-state index in [1.807, 2.05) is 14.9 Å². The molecule has 12 heavy (non-hydrogen) atoms. The number of nitrogens with one attached hydrogen (secondary N) is 1. The molecule has 0 aliphatic carbocycles. The highest BCUT2D eigenvalue weighted by Gasteiger charge is 1.99. The summed E-state index contributed by atoms with van der Waals surface area (Å²) in [6, 6.07) is 6.24. The lowest BCUT2D eigenvalue weighted by molar-refractivity contribution is 1.50. The molecule has 1 heterocycles. The topological polar surface area (TPSA) is 24.9 Å². The van der Waals surface area contributed by atoms with E-state index in [1.165, 1.54) is 4.70 Å². The molecule has 0 bridgehead atoms. The molecule has 0 aliphatic rings. The number of hydrogen-bond donors (Lipinski definition) is 1. The van der Waals surface area contributed by atoms with Crippen LogP contribution in [0.15, 0.2) is 18.2 Å². The lowest BCUT2D eigenvalue weighted by Gasteiger charge is -1.96. The number of hydrogen-bond acceptors (Lipinski definition) is 3. The molecule has 1 N–H and O–H groups in total. The summed E-state index contributed by atoms with van der Waals surface area (Å²) >= 11 is 1.73. The Morgan fingerprint density at radius 2 is 2.33 bits per heavy atom. The number of anilines is 1. The van der Waals surface area contributed by atoms with Crippen molar-refractivity contribution in [3.8, 4) is 0 Å². The van der Waals surface area contributed by atoms with Gasteiger partial charge in [-0.05, 0) is 18.2 Å². The van der Waals surface area contributed by atoms with Crippen molar-refractivity contribution in [3.63, 3.8) is 0 Å². The van der Waals surface area contributed by atoms with E-state index in [4.69, 9.17) is 0 Å². The molecule has 0 spiro atoms. The van der Waals surface area contributed by atoms with Crippen molar-refractivity contribution in [2.75, 3.05) is 12.4 Å². The van der Waals surface area contributed by atoms with E-state index >= 15 is 0 Å². The molecule has 0 amide bonds. The molecule has 0 saturated carbocycles. The third-order valence-electron chi connectivity index (χ3n) is 1.78. The Morgan fingerprint density at radius 1 is 1.50 bits per heavy atom. The number of fused-ring (bicyclic) bond motifs is 1. The zero-order chi connectivity index (χ0) is 8.55. The Morgan fingerprint density at radius 3 is 3.08 bits per heavy atom. The maximum Gasteiger partial charge on any atom is 0.177 e. The van der Waals surface area contributed by atoms with Gasteiger partial charge in [0.25, 0.3) is 0 Å². The fourth-order valence-corrected chi connectivity index (χ4v) is 2.01. The van der Waals surface area contributed by atoms with Crippen LogP contribution in [0, 0.1) is 0 Å². The summed E-state index contributed by atoms with van der Waals surface area (Å²) in [6.45, 7) is 0. The SMILES string of the molecule is Bc1nc2cc(NC)ccc2s1. The van der Waals surface area contributed by atoms with E-state index in [-0.39, 0.29) is 0 Å². The second kappa shape index (κ2) is 2.79. The zero-order valence-electron chi connectivity index (χ0n) is 7.09. The largest absolute Gasteiger partial charge is 0.388 e. The number of aromatic nitrogens is 1. The minimum Gasteiger partial charge on any atom is -0.388 e. The zero-order valence-corrected chi connectivity index (χ0v) is 7.90. The fraction of sp³-hybridized carbons (Fsp3) is 0.125. The van der Waals surface area contributed by atoms with Crippen LogP contribution in [0.5, 0.6) is 0 Å². The minimum atomic E-state index is 1.09. The molecular weight excluding hydrogens is 167 g/mol. The van der Waals surface area contributed by atoms with Crippen LogP contribution in [0.25, 0.3) is 10.2 Å². The monoisotopic (exact) mass is 176 g/mol. The summed E-state index contributed by atoms with van der Waals surface area (Å²) in [5.41, 5.74) is 2.21. The highest BCUT2D eigenvalue weighted by Crippen LogP contribution is 2.19. The first-order valence-electron chi connectivity index (χ1n) is 3.84. The molecule has 0 radical (unpaired) electrons. The van der Waals surface area contributed by atoms with E-state index in [2.05, 4.69) is 28.5 Å². The number of thiazole rings is 1. The van der Waals surface area contributed by atoms with Gasteiger partial charge in [0.2, 0.25) is 0 Å². The fourth-order valence-electron chi connectivity index (χ4n) is 1.20. The highest BCUT2D eigenvalue weighted by molar-refractivity contribution is 7.25.